The predicted molar refractivity (Wildman–Crippen MR) is 99.4 cm³/mol. The molecule has 1 aromatic carbocycles. The highest BCUT2D eigenvalue weighted by Crippen LogP contribution is 2.38. The zero-order chi connectivity index (χ0) is 19.3. The maximum absolute atomic E-state index is 12.3. The van der Waals surface area contributed by atoms with Crippen LogP contribution < -0.4 is 5.32 Å². The minimum atomic E-state index is -0.339. The summed E-state index contributed by atoms with van der Waals surface area (Å²) in [5.74, 6) is 1.32. The lowest BCUT2D eigenvalue weighted by Gasteiger charge is -2.08. The quantitative estimate of drug-likeness (QED) is 0.575. The Hall–Kier alpha value is -3.42. The van der Waals surface area contributed by atoms with Crippen molar-refractivity contribution in [2.24, 2.45) is 0 Å². The minimum Gasteiger partial charge on any atom is -0.361 e. The number of nitrogens with one attached hydrogen (secondary N) is 2. The third kappa shape index (κ3) is 2.61. The maximum atomic E-state index is 12.3. The molecule has 8 heteroatoms. The van der Waals surface area contributed by atoms with Crippen LogP contribution in [0.25, 0.3) is 33.3 Å². The number of fused-ring (bicyclic) bond motifs is 1. The van der Waals surface area contributed by atoms with E-state index >= 15 is 0 Å². The largest absolute Gasteiger partial charge is 0.361 e. The fraction of sp³-hybridized carbons (Fsp3) is 0.263. The summed E-state index contributed by atoms with van der Waals surface area (Å²) in [5, 5.41) is 10.6. The van der Waals surface area contributed by atoms with Gasteiger partial charge in [0.1, 0.15) is 11.6 Å². The first-order valence-corrected chi connectivity index (χ1v) is 8.53. The normalized spacial score (nSPS) is 11.3. The first-order valence-electron chi connectivity index (χ1n) is 8.53. The summed E-state index contributed by atoms with van der Waals surface area (Å²) in [5.41, 5.74) is 6.24. The molecule has 4 rings (SSSR count). The molecule has 2 N–H and O–H groups in total. The number of nitrogens with zero attached hydrogens (tertiary/aromatic N) is 3. The van der Waals surface area contributed by atoms with Crippen LogP contribution in [-0.4, -0.2) is 33.2 Å². The van der Waals surface area contributed by atoms with Crippen molar-refractivity contribution in [2.75, 3.05) is 7.05 Å². The van der Waals surface area contributed by atoms with Crippen molar-refractivity contribution in [3.05, 3.63) is 40.9 Å². The lowest BCUT2D eigenvalue weighted by molar-refractivity contribution is 0.0927. The number of hydrogen-bond donors (Lipinski definition) is 2. The second-order valence-corrected chi connectivity index (χ2v) is 6.49. The third-order valence-electron chi connectivity index (χ3n) is 4.59. The number of benzene rings is 1. The van der Waals surface area contributed by atoms with E-state index in [0.717, 1.165) is 45.0 Å². The molecule has 1 amide bonds. The third-order valence-corrected chi connectivity index (χ3v) is 4.59. The lowest BCUT2D eigenvalue weighted by Crippen LogP contribution is -2.17. The average Bonchev–Trinajstić information content (AvgIpc) is 3.29. The maximum Gasteiger partial charge on any atom is 0.290 e. The molecule has 0 spiro atoms. The van der Waals surface area contributed by atoms with E-state index < -0.39 is 0 Å². The van der Waals surface area contributed by atoms with Crippen molar-refractivity contribution in [2.45, 2.75) is 27.7 Å². The Labute approximate surface area is 154 Å². The van der Waals surface area contributed by atoms with Crippen molar-refractivity contribution < 1.29 is 13.8 Å². The smallest absolute Gasteiger partial charge is 0.290 e. The van der Waals surface area contributed by atoms with E-state index in [1.807, 2.05) is 32.9 Å². The summed E-state index contributed by atoms with van der Waals surface area (Å²) in [6.45, 7) is 7.46. The molecule has 0 fully saturated rings. The van der Waals surface area contributed by atoms with Crippen molar-refractivity contribution >= 4 is 16.9 Å². The van der Waals surface area contributed by atoms with Gasteiger partial charge in [0, 0.05) is 18.2 Å². The van der Waals surface area contributed by atoms with Gasteiger partial charge < -0.3 is 19.3 Å². The lowest BCUT2D eigenvalue weighted by atomic mass is 9.95. The van der Waals surface area contributed by atoms with Crippen LogP contribution in [0.1, 0.15) is 33.5 Å². The Morgan fingerprint density at radius 2 is 1.74 bits per heavy atom. The standard InChI is InChI=1S/C19H19N5O3/c1-8-15(10(3)26-23-8)12-6-13(17-14(7-12)21-11(4)22-17)16-9(2)24-27-18(16)19(25)20-5/h6-7H,1-5H3,(H,20,25)(H,21,22). The number of aryl methyl sites for hydroxylation is 4. The number of rotatable bonds is 3. The van der Waals surface area contributed by atoms with E-state index in [2.05, 4.69) is 25.6 Å². The topological polar surface area (TPSA) is 110 Å². The van der Waals surface area contributed by atoms with Gasteiger partial charge in [-0.05, 0) is 45.4 Å². The van der Waals surface area contributed by atoms with E-state index in [0.29, 0.717) is 11.3 Å². The molecular weight excluding hydrogens is 346 g/mol. The number of carbonyl (C=O) groups excluding carboxylic acids is 1. The van der Waals surface area contributed by atoms with Crippen molar-refractivity contribution in [1.29, 1.82) is 0 Å². The molecular formula is C19H19N5O3. The number of H-pyrrole nitrogens is 1. The van der Waals surface area contributed by atoms with E-state index in [1.165, 1.54) is 0 Å². The zero-order valence-corrected chi connectivity index (χ0v) is 15.7. The molecule has 0 saturated carbocycles. The van der Waals surface area contributed by atoms with Gasteiger partial charge in [0.15, 0.2) is 0 Å². The van der Waals surface area contributed by atoms with Gasteiger partial charge in [0.2, 0.25) is 5.76 Å². The highest BCUT2D eigenvalue weighted by molar-refractivity contribution is 6.04. The van der Waals surface area contributed by atoms with Crippen molar-refractivity contribution in [3.63, 3.8) is 0 Å². The highest BCUT2D eigenvalue weighted by Gasteiger charge is 2.25. The first-order chi connectivity index (χ1) is 12.9. The van der Waals surface area contributed by atoms with Crippen LogP contribution in [0.15, 0.2) is 21.2 Å². The fourth-order valence-electron chi connectivity index (χ4n) is 3.43. The molecule has 8 nitrogen and oxygen atoms in total. The molecule has 138 valence electrons. The van der Waals surface area contributed by atoms with Crippen LogP contribution in [0.5, 0.6) is 0 Å². The van der Waals surface area contributed by atoms with Crippen LogP contribution in [0.3, 0.4) is 0 Å². The Morgan fingerprint density at radius 3 is 2.41 bits per heavy atom. The summed E-state index contributed by atoms with van der Waals surface area (Å²) in [6.07, 6.45) is 0. The van der Waals surface area contributed by atoms with Gasteiger partial charge in [-0.25, -0.2) is 4.98 Å². The molecule has 3 heterocycles. The monoisotopic (exact) mass is 365 g/mol. The minimum absolute atomic E-state index is 0.160. The molecule has 0 aliphatic rings. The number of hydrogen-bond acceptors (Lipinski definition) is 6. The van der Waals surface area contributed by atoms with Crippen LogP contribution in [0.2, 0.25) is 0 Å². The second-order valence-electron chi connectivity index (χ2n) is 6.49. The Morgan fingerprint density at radius 1 is 1.04 bits per heavy atom. The van der Waals surface area contributed by atoms with Gasteiger partial charge in [-0.3, -0.25) is 4.79 Å². The first kappa shape index (κ1) is 17.0. The van der Waals surface area contributed by atoms with Crippen LogP contribution in [0.4, 0.5) is 0 Å². The van der Waals surface area contributed by atoms with Crippen molar-refractivity contribution in [1.82, 2.24) is 25.6 Å². The highest BCUT2D eigenvalue weighted by atomic mass is 16.5. The number of imidazole rings is 1. The number of carbonyl (C=O) groups is 1. The Balaban J connectivity index is 2.07. The summed E-state index contributed by atoms with van der Waals surface area (Å²) in [4.78, 5) is 20.2. The molecule has 0 unspecified atom stereocenters. The fourth-order valence-corrected chi connectivity index (χ4v) is 3.43. The van der Waals surface area contributed by atoms with Gasteiger partial charge >= 0.3 is 0 Å². The summed E-state index contributed by atoms with van der Waals surface area (Å²) >= 11 is 0. The van der Waals surface area contributed by atoms with Gasteiger partial charge in [-0.15, -0.1) is 0 Å². The molecule has 0 aliphatic heterocycles. The number of amides is 1. The van der Waals surface area contributed by atoms with E-state index in [-0.39, 0.29) is 11.7 Å². The van der Waals surface area contributed by atoms with Crippen LogP contribution in [0, 0.1) is 27.7 Å². The number of aromatic nitrogens is 4. The molecule has 0 bridgehead atoms. The summed E-state index contributed by atoms with van der Waals surface area (Å²) < 4.78 is 10.6. The summed E-state index contributed by atoms with van der Waals surface area (Å²) in [7, 11) is 1.55. The molecule has 0 atom stereocenters. The van der Waals surface area contributed by atoms with Crippen LogP contribution in [-0.2, 0) is 0 Å². The molecule has 0 radical (unpaired) electrons. The van der Waals surface area contributed by atoms with Gasteiger partial charge in [-0.2, -0.15) is 0 Å². The Bertz CT molecular complexity index is 1160. The van der Waals surface area contributed by atoms with E-state index in [4.69, 9.17) is 9.05 Å². The SMILES string of the molecule is CNC(=O)c1onc(C)c1-c1cc(-c2c(C)noc2C)cc2[nH]c(C)nc12. The van der Waals surface area contributed by atoms with E-state index in [1.54, 1.807) is 14.0 Å². The number of aromatic amines is 1. The Kier molecular flexibility index (Phi) is 3.83. The summed E-state index contributed by atoms with van der Waals surface area (Å²) in [6, 6.07) is 3.98. The molecule has 0 saturated heterocycles. The molecule has 27 heavy (non-hydrogen) atoms. The molecule has 4 aromatic rings. The van der Waals surface area contributed by atoms with Crippen LogP contribution >= 0.6 is 0 Å². The second kappa shape index (κ2) is 6.08. The zero-order valence-electron chi connectivity index (χ0n) is 15.7. The average molecular weight is 365 g/mol. The van der Waals surface area contributed by atoms with Crippen molar-refractivity contribution in [3.8, 4) is 22.3 Å². The van der Waals surface area contributed by atoms with Gasteiger partial charge in [-0.1, -0.05) is 10.3 Å². The molecule has 3 aromatic heterocycles. The van der Waals surface area contributed by atoms with E-state index in [9.17, 15) is 4.79 Å². The van der Waals surface area contributed by atoms with Gasteiger partial charge in [0.25, 0.3) is 5.91 Å². The van der Waals surface area contributed by atoms with Gasteiger partial charge in [0.05, 0.1) is 28.0 Å². The molecule has 0 aliphatic carbocycles. The predicted octanol–water partition coefficient (Wildman–Crippen LogP) is 3.47.